The van der Waals surface area contributed by atoms with Crippen LogP contribution in [0.25, 0.3) is 0 Å². The monoisotopic (exact) mass is 182 g/mol. The number of para-hydroxylation sites is 1. The second kappa shape index (κ2) is 4.81. The first-order valence-corrected chi connectivity index (χ1v) is 4.09. The van der Waals surface area contributed by atoms with Gasteiger partial charge in [0.05, 0.1) is 0 Å². The molecule has 0 aliphatic carbocycles. The molecule has 0 amide bonds. The SMILES string of the molecule is NCC(O)C(N)Oc1ccccc1. The lowest BCUT2D eigenvalue weighted by molar-refractivity contribution is 0.0462. The average Bonchev–Trinajstić information content (AvgIpc) is 2.18. The van der Waals surface area contributed by atoms with Crippen LogP contribution in [-0.4, -0.2) is 24.0 Å². The number of nitrogens with two attached hydrogens (primary N) is 2. The van der Waals surface area contributed by atoms with Crippen LogP contribution in [0.2, 0.25) is 0 Å². The average molecular weight is 182 g/mol. The van der Waals surface area contributed by atoms with E-state index >= 15 is 0 Å². The van der Waals surface area contributed by atoms with Crippen molar-refractivity contribution in [2.75, 3.05) is 6.54 Å². The van der Waals surface area contributed by atoms with Crippen LogP contribution in [0, 0.1) is 0 Å². The molecule has 4 heteroatoms. The first kappa shape index (κ1) is 9.98. The van der Waals surface area contributed by atoms with Crippen molar-refractivity contribution >= 4 is 0 Å². The van der Waals surface area contributed by atoms with Gasteiger partial charge in [0.1, 0.15) is 11.9 Å². The summed E-state index contributed by atoms with van der Waals surface area (Å²) < 4.78 is 5.21. The Hall–Kier alpha value is -1.10. The number of aliphatic hydroxyl groups excluding tert-OH is 1. The first-order valence-electron chi connectivity index (χ1n) is 4.09. The maximum absolute atomic E-state index is 9.21. The van der Waals surface area contributed by atoms with E-state index in [1.54, 1.807) is 12.1 Å². The molecule has 5 N–H and O–H groups in total. The van der Waals surface area contributed by atoms with E-state index in [0.717, 1.165) is 0 Å². The van der Waals surface area contributed by atoms with Crippen LogP contribution in [0.15, 0.2) is 30.3 Å². The van der Waals surface area contributed by atoms with Crippen molar-refractivity contribution in [3.63, 3.8) is 0 Å². The molecule has 0 saturated carbocycles. The lowest BCUT2D eigenvalue weighted by Crippen LogP contribution is -2.44. The van der Waals surface area contributed by atoms with E-state index in [9.17, 15) is 5.11 Å². The second-order valence-corrected chi connectivity index (χ2v) is 2.70. The topological polar surface area (TPSA) is 81.5 Å². The minimum atomic E-state index is -0.833. The zero-order valence-electron chi connectivity index (χ0n) is 7.26. The van der Waals surface area contributed by atoms with Gasteiger partial charge in [0.25, 0.3) is 0 Å². The van der Waals surface area contributed by atoms with E-state index in [4.69, 9.17) is 16.2 Å². The maximum Gasteiger partial charge on any atom is 0.175 e. The van der Waals surface area contributed by atoms with Crippen molar-refractivity contribution in [1.82, 2.24) is 0 Å². The van der Waals surface area contributed by atoms with Gasteiger partial charge in [-0.3, -0.25) is 5.73 Å². The number of benzene rings is 1. The van der Waals surface area contributed by atoms with Gasteiger partial charge in [-0.15, -0.1) is 0 Å². The molecule has 72 valence electrons. The number of rotatable bonds is 4. The Bertz CT molecular complexity index is 241. The Morgan fingerprint density at radius 1 is 1.31 bits per heavy atom. The Morgan fingerprint density at radius 3 is 2.46 bits per heavy atom. The summed E-state index contributed by atoms with van der Waals surface area (Å²) in [4.78, 5) is 0. The molecule has 2 unspecified atom stereocenters. The third-order valence-corrected chi connectivity index (χ3v) is 1.64. The van der Waals surface area contributed by atoms with Crippen LogP contribution in [0.3, 0.4) is 0 Å². The summed E-state index contributed by atoms with van der Waals surface area (Å²) in [6.07, 6.45) is -1.60. The molecule has 0 saturated heterocycles. The predicted molar refractivity (Wildman–Crippen MR) is 50.1 cm³/mol. The van der Waals surface area contributed by atoms with Crippen LogP contribution in [-0.2, 0) is 0 Å². The Kier molecular flexibility index (Phi) is 3.70. The largest absolute Gasteiger partial charge is 0.473 e. The fourth-order valence-corrected chi connectivity index (χ4v) is 0.869. The molecule has 4 nitrogen and oxygen atoms in total. The number of hydrogen-bond donors (Lipinski definition) is 3. The summed E-state index contributed by atoms with van der Waals surface area (Å²) in [5, 5.41) is 9.21. The van der Waals surface area contributed by atoms with E-state index < -0.39 is 12.3 Å². The molecule has 0 bridgehead atoms. The molecule has 13 heavy (non-hydrogen) atoms. The van der Waals surface area contributed by atoms with E-state index in [-0.39, 0.29) is 6.54 Å². The minimum absolute atomic E-state index is 0.0913. The molecule has 0 fully saturated rings. The van der Waals surface area contributed by atoms with Gasteiger partial charge in [0, 0.05) is 6.54 Å². The van der Waals surface area contributed by atoms with Gasteiger partial charge in [-0.1, -0.05) is 18.2 Å². The van der Waals surface area contributed by atoms with Gasteiger partial charge in [0.2, 0.25) is 0 Å². The zero-order chi connectivity index (χ0) is 9.68. The summed E-state index contributed by atoms with van der Waals surface area (Å²) >= 11 is 0. The summed E-state index contributed by atoms with van der Waals surface area (Å²) in [5.41, 5.74) is 10.7. The molecule has 2 atom stereocenters. The molecular formula is C9H14N2O2. The second-order valence-electron chi connectivity index (χ2n) is 2.70. The summed E-state index contributed by atoms with van der Waals surface area (Å²) in [6, 6.07) is 9.07. The van der Waals surface area contributed by atoms with Gasteiger partial charge < -0.3 is 15.6 Å². The number of hydrogen-bond acceptors (Lipinski definition) is 4. The quantitative estimate of drug-likeness (QED) is 0.557. The van der Waals surface area contributed by atoms with Crippen molar-refractivity contribution in [2.45, 2.75) is 12.3 Å². The lowest BCUT2D eigenvalue weighted by Gasteiger charge is -2.18. The van der Waals surface area contributed by atoms with Crippen molar-refractivity contribution in [1.29, 1.82) is 0 Å². The van der Waals surface area contributed by atoms with Gasteiger partial charge in [0.15, 0.2) is 6.23 Å². The highest BCUT2D eigenvalue weighted by atomic mass is 16.5. The van der Waals surface area contributed by atoms with E-state index in [0.29, 0.717) is 5.75 Å². The summed E-state index contributed by atoms with van der Waals surface area (Å²) in [5.74, 6) is 0.627. The highest BCUT2D eigenvalue weighted by molar-refractivity contribution is 5.21. The van der Waals surface area contributed by atoms with Crippen LogP contribution in [0.4, 0.5) is 0 Å². The fraction of sp³-hybridized carbons (Fsp3) is 0.333. The highest BCUT2D eigenvalue weighted by Gasteiger charge is 2.13. The van der Waals surface area contributed by atoms with Crippen molar-refractivity contribution < 1.29 is 9.84 Å². The van der Waals surface area contributed by atoms with E-state index in [2.05, 4.69) is 0 Å². The van der Waals surface area contributed by atoms with Crippen molar-refractivity contribution in [3.8, 4) is 5.75 Å². The van der Waals surface area contributed by atoms with Gasteiger partial charge in [-0.05, 0) is 12.1 Å². The standard InChI is InChI=1S/C9H14N2O2/c10-6-8(12)9(11)13-7-4-2-1-3-5-7/h1-5,8-9,12H,6,10-11H2. The minimum Gasteiger partial charge on any atom is -0.473 e. The third kappa shape index (κ3) is 3.02. The lowest BCUT2D eigenvalue weighted by atomic mass is 10.3. The third-order valence-electron chi connectivity index (χ3n) is 1.64. The molecule has 1 aromatic rings. The highest BCUT2D eigenvalue weighted by Crippen LogP contribution is 2.10. The Labute approximate surface area is 77.1 Å². The van der Waals surface area contributed by atoms with Gasteiger partial charge >= 0.3 is 0 Å². The smallest absolute Gasteiger partial charge is 0.175 e. The van der Waals surface area contributed by atoms with Crippen molar-refractivity contribution in [3.05, 3.63) is 30.3 Å². The van der Waals surface area contributed by atoms with Crippen LogP contribution in [0.5, 0.6) is 5.75 Å². The van der Waals surface area contributed by atoms with E-state index in [1.807, 2.05) is 18.2 Å². The molecule has 0 spiro atoms. The van der Waals surface area contributed by atoms with Crippen LogP contribution in [0.1, 0.15) is 0 Å². The summed E-state index contributed by atoms with van der Waals surface area (Å²) in [6.45, 7) is 0.0913. The predicted octanol–water partition coefficient (Wildman–Crippen LogP) is -0.330. The Balaban J connectivity index is 2.50. The first-order chi connectivity index (χ1) is 6.24. The van der Waals surface area contributed by atoms with Gasteiger partial charge in [-0.2, -0.15) is 0 Å². The number of ether oxygens (including phenoxy) is 1. The fourth-order valence-electron chi connectivity index (χ4n) is 0.869. The molecule has 0 aliphatic rings. The molecular weight excluding hydrogens is 168 g/mol. The Morgan fingerprint density at radius 2 is 1.92 bits per heavy atom. The zero-order valence-corrected chi connectivity index (χ0v) is 7.26. The maximum atomic E-state index is 9.21. The summed E-state index contributed by atoms with van der Waals surface area (Å²) in [7, 11) is 0. The van der Waals surface area contributed by atoms with Crippen LogP contribution < -0.4 is 16.2 Å². The molecule has 0 aliphatic heterocycles. The molecule has 1 aromatic carbocycles. The molecule has 0 heterocycles. The van der Waals surface area contributed by atoms with Crippen molar-refractivity contribution in [2.24, 2.45) is 11.5 Å². The molecule has 1 rings (SSSR count). The normalized spacial score (nSPS) is 15.0. The number of aliphatic hydroxyl groups is 1. The molecule has 0 aromatic heterocycles. The van der Waals surface area contributed by atoms with E-state index in [1.165, 1.54) is 0 Å². The molecule has 0 radical (unpaired) electrons. The van der Waals surface area contributed by atoms with Gasteiger partial charge in [-0.25, -0.2) is 0 Å². The van der Waals surface area contributed by atoms with Crippen LogP contribution >= 0.6 is 0 Å².